The van der Waals surface area contributed by atoms with Gasteiger partial charge in [-0.1, -0.05) is 6.07 Å². The van der Waals surface area contributed by atoms with Gasteiger partial charge >= 0.3 is 11.7 Å². The van der Waals surface area contributed by atoms with Crippen LogP contribution in [0.2, 0.25) is 0 Å². The topological polar surface area (TPSA) is 90.2 Å². The number of aromatic nitrogens is 3. The zero-order valence-corrected chi connectivity index (χ0v) is 14.2. The van der Waals surface area contributed by atoms with Crippen molar-refractivity contribution in [1.29, 1.82) is 0 Å². The monoisotopic (exact) mass is 341 g/mol. The van der Waals surface area contributed by atoms with Crippen LogP contribution in [0.3, 0.4) is 0 Å². The summed E-state index contributed by atoms with van der Waals surface area (Å²) in [5.74, 6) is 0.523. The fourth-order valence-electron chi connectivity index (χ4n) is 2.58. The lowest BCUT2D eigenvalue weighted by Crippen LogP contribution is -2.28. The number of carbonyl (C=O) groups excluding carboxylic acids is 1. The van der Waals surface area contributed by atoms with E-state index >= 15 is 0 Å². The molecular formula is C17H19N5O3. The van der Waals surface area contributed by atoms with Crippen LogP contribution < -0.4 is 21.1 Å². The highest BCUT2D eigenvalue weighted by molar-refractivity contribution is 5.92. The minimum atomic E-state index is -0.337. The van der Waals surface area contributed by atoms with Crippen LogP contribution in [0.4, 0.5) is 10.5 Å². The Morgan fingerprint density at radius 2 is 1.92 bits per heavy atom. The number of anilines is 1. The summed E-state index contributed by atoms with van der Waals surface area (Å²) in [5.41, 5.74) is 2.92. The van der Waals surface area contributed by atoms with Crippen LogP contribution in [0.25, 0.3) is 11.0 Å². The predicted octanol–water partition coefficient (Wildman–Crippen LogP) is 1.60. The molecule has 0 bridgehead atoms. The molecule has 0 saturated heterocycles. The van der Waals surface area contributed by atoms with Gasteiger partial charge in [-0.3, -0.25) is 9.13 Å². The van der Waals surface area contributed by atoms with Gasteiger partial charge in [-0.25, -0.2) is 14.6 Å². The fraction of sp³-hybridized carbons (Fsp3) is 0.235. The molecule has 2 amide bonds. The SMILES string of the molecule is COc1ccc(CNC(=O)Nc2ccc3c(c2)n(C)c(=O)n3C)cn1. The van der Waals surface area contributed by atoms with Gasteiger partial charge < -0.3 is 15.4 Å². The molecule has 8 heteroatoms. The zero-order chi connectivity index (χ0) is 18.0. The highest BCUT2D eigenvalue weighted by atomic mass is 16.5. The second kappa shape index (κ2) is 6.68. The van der Waals surface area contributed by atoms with Crippen molar-refractivity contribution >= 4 is 22.8 Å². The Labute approximate surface area is 144 Å². The number of pyridine rings is 1. The second-order valence-electron chi connectivity index (χ2n) is 5.62. The van der Waals surface area contributed by atoms with Crippen LogP contribution >= 0.6 is 0 Å². The first-order valence-corrected chi connectivity index (χ1v) is 7.69. The lowest BCUT2D eigenvalue weighted by atomic mass is 10.2. The van der Waals surface area contributed by atoms with E-state index in [2.05, 4.69) is 15.6 Å². The third-order valence-corrected chi connectivity index (χ3v) is 3.99. The largest absolute Gasteiger partial charge is 0.481 e. The Balaban J connectivity index is 1.67. The van der Waals surface area contributed by atoms with Crippen molar-refractivity contribution in [2.24, 2.45) is 14.1 Å². The standard InChI is InChI=1S/C17H19N5O3/c1-21-13-6-5-12(8-14(13)22(2)17(21)24)20-16(23)19-10-11-4-7-15(25-3)18-9-11/h4-9H,10H2,1-3H3,(H2,19,20,23). The van der Waals surface area contributed by atoms with E-state index in [4.69, 9.17) is 4.74 Å². The smallest absolute Gasteiger partial charge is 0.328 e. The van der Waals surface area contributed by atoms with Gasteiger partial charge in [-0.2, -0.15) is 0 Å². The third-order valence-electron chi connectivity index (χ3n) is 3.99. The maximum absolute atomic E-state index is 12.1. The van der Waals surface area contributed by atoms with E-state index in [9.17, 15) is 9.59 Å². The third kappa shape index (κ3) is 3.32. The summed E-state index contributed by atoms with van der Waals surface area (Å²) in [4.78, 5) is 28.1. The summed E-state index contributed by atoms with van der Waals surface area (Å²) in [6.07, 6.45) is 1.64. The molecule has 0 aliphatic carbocycles. The summed E-state index contributed by atoms with van der Waals surface area (Å²) >= 11 is 0. The van der Waals surface area contributed by atoms with Gasteiger partial charge in [0, 0.05) is 38.6 Å². The van der Waals surface area contributed by atoms with Crippen LogP contribution in [0.1, 0.15) is 5.56 Å². The molecule has 8 nitrogen and oxygen atoms in total. The zero-order valence-electron chi connectivity index (χ0n) is 14.2. The highest BCUT2D eigenvalue weighted by Gasteiger charge is 2.09. The van der Waals surface area contributed by atoms with Crippen LogP contribution in [0.5, 0.6) is 5.88 Å². The number of methoxy groups -OCH3 is 1. The molecule has 3 aromatic rings. The van der Waals surface area contributed by atoms with E-state index in [1.807, 2.05) is 6.07 Å². The van der Waals surface area contributed by atoms with Crippen LogP contribution in [0.15, 0.2) is 41.3 Å². The molecule has 2 aromatic heterocycles. The van der Waals surface area contributed by atoms with Gasteiger partial charge in [-0.15, -0.1) is 0 Å². The molecule has 0 unspecified atom stereocenters. The number of nitrogens with one attached hydrogen (secondary N) is 2. The van der Waals surface area contributed by atoms with E-state index in [1.54, 1.807) is 60.8 Å². The number of aryl methyl sites for hydroxylation is 2. The minimum Gasteiger partial charge on any atom is -0.481 e. The minimum absolute atomic E-state index is 0.108. The van der Waals surface area contributed by atoms with Crippen molar-refractivity contribution in [2.75, 3.05) is 12.4 Å². The molecule has 25 heavy (non-hydrogen) atoms. The van der Waals surface area contributed by atoms with E-state index < -0.39 is 0 Å². The molecule has 2 heterocycles. The number of imidazole rings is 1. The maximum atomic E-state index is 12.1. The molecule has 0 aliphatic rings. The normalized spacial score (nSPS) is 10.7. The first-order chi connectivity index (χ1) is 12.0. The highest BCUT2D eigenvalue weighted by Crippen LogP contribution is 2.17. The van der Waals surface area contributed by atoms with Crippen molar-refractivity contribution < 1.29 is 9.53 Å². The number of fused-ring (bicyclic) bond motifs is 1. The van der Waals surface area contributed by atoms with E-state index in [0.717, 1.165) is 16.6 Å². The summed E-state index contributed by atoms with van der Waals surface area (Å²) in [7, 11) is 4.96. The molecule has 0 aliphatic heterocycles. The Bertz CT molecular complexity index is 972. The average molecular weight is 341 g/mol. The Hall–Kier alpha value is -3.29. The average Bonchev–Trinajstić information content (AvgIpc) is 2.84. The number of hydrogen-bond acceptors (Lipinski definition) is 4. The van der Waals surface area contributed by atoms with Crippen molar-refractivity contribution in [3.8, 4) is 5.88 Å². The number of carbonyl (C=O) groups is 1. The molecular weight excluding hydrogens is 322 g/mol. The Morgan fingerprint density at radius 3 is 2.60 bits per heavy atom. The number of urea groups is 1. The molecule has 2 N–H and O–H groups in total. The number of hydrogen-bond donors (Lipinski definition) is 2. The van der Waals surface area contributed by atoms with Gasteiger partial charge in [0.25, 0.3) is 0 Å². The van der Waals surface area contributed by atoms with Crippen LogP contribution in [-0.2, 0) is 20.6 Å². The summed E-state index contributed by atoms with van der Waals surface area (Å²) in [6, 6.07) is 8.56. The van der Waals surface area contributed by atoms with Crippen molar-refractivity contribution in [3.05, 3.63) is 52.6 Å². The number of ether oxygens (including phenoxy) is 1. The van der Waals surface area contributed by atoms with Crippen molar-refractivity contribution in [2.45, 2.75) is 6.54 Å². The molecule has 0 atom stereocenters. The number of benzene rings is 1. The summed E-state index contributed by atoms with van der Waals surface area (Å²) in [5, 5.41) is 5.52. The van der Waals surface area contributed by atoms with Gasteiger partial charge in [-0.05, 0) is 23.8 Å². The number of amides is 2. The second-order valence-corrected chi connectivity index (χ2v) is 5.62. The molecule has 0 spiro atoms. The van der Waals surface area contributed by atoms with E-state index in [0.29, 0.717) is 18.1 Å². The molecule has 0 saturated carbocycles. The Morgan fingerprint density at radius 1 is 1.16 bits per heavy atom. The summed E-state index contributed by atoms with van der Waals surface area (Å²) in [6.45, 7) is 0.342. The van der Waals surface area contributed by atoms with Crippen molar-refractivity contribution in [1.82, 2.24) is 19.4 Å². The molecule has 3 rings (SSSR count). The lowest BCUT2D eigenvalue weighted by Gasteiger charge is -2.08. The number of rotatable bonds is 4. The van der Waals surface area contributed by atoms with Crippen LogP contribution in [-0.4, -0.2) is 27.3 Å². The maximum Gasteiger partial charge on any atom is 0.328 e. The molecule has 0 fully saturated rings. The lowest BCUT2D eigenvalue weighted by molar-refractivity contribution is 0.251. The van der Waals surface area contributed by atoms with E-state index in [-0.39, 0.29) is 11.7 Å². The summed E-state index contributed by atoms with van der Waals surface area (Å²) < 4.78 is 8.10. The molecule has 1 aromatic carbocycles. The number of nitrogens with zero attached hydrogens (tertiary/aromatic N) is 3. The Kier molecular flexibility index (Phi) is 4.42. The van der Waals surface area contributed by atoms with E-state index in [1.165, 1.54) is 0 Å². The van der Waals surface area contributed by atoms with Gasteiger partial charge in [0.15, 0.2) is 0 Å². The van der Waals surface area contributed by atoms with Gasteiger partial charge in [0.05, 0.1) is 18.1 Å². The van der Waals surface area contributed by atoms with Crippen molar-refractivity contribution in [3.63, 3.8) is 0 Å². The first-order valence-electron chi connectivity index (χ1n) is 7.69. The molecule has 130 valence electrons. The van der Waals surface area contributed by atoms with Gasteiger partial charge in [0.1, 0.15) is 0 Å². The fourth-order valence-corrected chi connectivity index (χ4v) is 2.58. The quantitative estimate of drug-likeness (QED) is 0.754. The molecule has 0 radical (unpaired) electrons. The first kappa shape index (κ1) is 16.6. The van der Waals surface area contributed by atoms with Crippen LogP contribution in [0, 0.1) is 0 Å². The van der Waals surface area contributed by atoms with Gasteiger partial charge in [0.2, 0.25) is 5.88 Å². The predicted molar refractivity (Wildman–Crippen MR) is 94.8 cm³/mol.